The minimum atomic E-state index is -0.0513. The van der Waals surface area contributed by atoms with E-state index in [1.165, 1.54) is 22.3 Å². The van der Waals surface area contributed by atoms with Crippen LogP contribution in [-0.4, -0.2) is 15.0 Å². The molecule has 0 atom stereocenters. The van der Waals surface area contributed by atoms with Crippen molar-refractivity contribution in [2.75, 3.05) is 0 Å². The standard InChI is InChI=1S/C48H37N3O2.Pt/c1-47(2,3)39-20-10-9-17-35(39)33-24-41(30-13-5-4-6-14-30)50-44(25-33)52-43-22-12-21-40(49-43)37-19-11-18-36-38-23-34-28-48(26-31-15-7-8-16-32(31)27-48)29-42(34)51-46(38)53-45(36)37;/h4-13,15-18,20-25H,26-29H2,1-3H3;/q-2;+2. The van der Waals surface area contributed by atoms with Crippen LogP contribution >= 0.6 is 0 Å². The molecule has 0 N–H and O–H groups in total. The van der Waals surface area contributed by atoms with Gasteiger partial charge in [-0.3, -0.25) is 9.97 Å². The molecule has 8 aromatic rings. The maximum atomic E-state index is 6.56. The average molecular weight is 883 g/mol. The maximum Gasteiger partial charge on any atom is 2.00 e. The van der Waals surface area contributed by atoms with Gasteiger partial charge in [-0.1, -0.05) is 98.5 Å². The maximum absolute atomic E-state index is 6.56. The molecule has 0 fully saturated rings. The fourth-order valence-corrected chi connectivity index (χ4v) is 8.60. The van der Waals surface area contributed by atoms with Crippen LogP contribution in [0.1, 0.15) is 48.7 Å². The summed E-state index contributed by atoms with van der Waals surface area (Å²) in [5.41, 5.74) is 13.6. The van der Waals surface area contributed by atoms with E-state index < -0.39 is 0 Å². The van der Waals surface area contributed by atoms with E-state index in [2.05, 4.69) is 99.6 Å². The van der Waals surface area contributed by atoms with Gasteiger partial charge in [-0.15, -0.1) is 54.1 Å². The molecule has 10 rings (SSSR count). The van der Waals surface area contributed by atoms with E-state index in [4.69, 9.17) is 24.1 Å². The van der Waals surface area contributed by atoms with Crippen molar-refractivity contribution in [3.8, 4) is 45.4 Å². The Morgan fingerprint density at radius 3 is 2.20 bits per heavy atom. The number of pyridine rings is 3. The molecule has 0 aliphatic heterocycles. The van der Waals surface area contributed by atoms with Gasteiger partial charge in [-0.05, 0) is 93.4 Å². The molecular formula is C48H37N3O2Pt. The van der Waals surface area contributed by atoms with Crippen molar-refractivity contribution in [3.63, 3.8) is 0 Å². The zero-order chi connectivity index (χ0) is 35.7. The number of furan rings is 1. The zero-order valence-electron chi connectivity index (χ0n) is 30.3. The fraction of sp³-hybridized carbons (Fsp3) is 0.188. The van der Waals surface area contributed by atoms with Crippen LogP contribution in [0.5, 0.6) is 11.8 Å². The second kappa shape index (κ2) is 13.2. The summed E-state index contributed by atoms with van der Waals surface area (Å²) in [6, 6.07) is 48.3. The minimum Gasteiger partial charge on any atom is -0.486 e. The summed E-state index contributed by atoms with van der Waals surface area (Å²) >= 11 is 0. The van der Waals surface area contributed by atoms with Crippen LogP contribution in [0.3, 0.4) is 0 Å². The van der Waals surface area contributed by atoms with Crippen LogP contribution in [0.4, 0.5) is 0 Å². The van der Waals surface area contributed by atoms with Crippen molar-refractivity contribution in [3.05, 3.63) is 161 Å². The van der Waals surface area contributed by atoms with E-state index in [9.17, 15) is 0 Å². The van der Waals surface area contributed by atoms with Crippen molar-refractivity contribution >= 4 is 22.1 Å². The van der Waals surface area contributed by atoms with Gasteiger partial charge in [0, 0.05) is 17.1 Å². The molecule has 0 bridgehead atoms. The van der Waals surface area contributed by atoms with Gasteiger partial charge < -0.3 is 9.15 Å². The first kappa shape index (κ1) is 34.4. The van der Waals surface area contributed by atoms with Gasteiger partial charge in [0.1, 0.15) is 0 Å². The van der Waals surface area contributed by atoms with Crippen molar-refractivity contribution in [2.24, 2.45) is 5.41 Å². The number of ether oxygens (including phenoxy) is 1. The van der Waals surface area contributed by atoms with Gasteiger partial charge >= 0.3 is 21.1 Å². The molecule has 0 unspecified atom stereocenters. The zero-order valence-corrected chi connectivity index (χ0v) is 32.6. The average Bonchev–Trinajstić information content (AvgIpc) is 3.84. The number of hydrogen-bond donors (Lipinski definition) is 0. The Kier molecular flexibility index (Phi) is 8.39. The Hall–Kier alpha value is -5.38. The van der Waals surface area contributed by atoms with Crippen LogP contribution in [-0.2, 0) is 52.2 Å². The Labute approximate surface area is 329 Å². The normalized spacial score (nSPS) is 14.3. The van der Waals surface area contributed by atoms with Gasteiger partial charge in [0.25, 0.3) is 0 Å². The quantitative estimate of drug-likeness (QED) is 0.161. The van der Waals surface area contributed by atoms with Crippen molar-refractivity contribution in [1.82, 2.24) is 15.0 Å². The van der Waals surface area contributed by atoms with E-state index in [0.29, 0.717) is 23.2 Å². The number of hydrogen-bond acceptors (Lipinski definition) is 5. The molecular weight excluding hydrogens is 846 g/mol. The van der Waals surface area contributed by atoms with Gasteiger partial charge in [-0.25, -0.2) is 4.98 Å². The summed E-state index contributed by atoms with van der Waals surface area (Å²) < 4.78 is 13.1. The second-order valence-corrected chi connectivity index (χ2v) is 15.7. The minimum absolute atomic E-state index is 0. The third-order valence-corrected chi connectivity index (χ3v) is 11.0. The van der Waals surface area contributed by atoms with Gasteiger partial charge in [0.05, 0.1) is 5.58 Å². The number of aromatic nitrogens is 3. The molecule has 54 heavy (non-hydrogen) atoms. The molecule has 266 valence electrons. The smallest absolute Gasteiger partial charge is 0.486 e. The van der Waals surface area contributed by atoms with E-state index in [0.717, 1.165) is 75.7 Å². The van der Waals surface area contributed by atoms with Crippen molar-refractivity contribution in [2.45, 2.75) is 51.9 Å². The van der Waals surface area contributed by atoms with Crippen LogP contribution < -0.4 is 4.74 Å². The van der Waals surface area contributed by atoms with E-state index in [1.54, 1.807) is 0 Å². The van der Waals surface area contributed by atoms with Gasteiger partial charge in [-0.2, -0.15) is 0 Å². The summed E-state index contributed by atoms with van der Waals surface area (Å²) in [6.45, 7) is 6.71. The van der Waals surface area contributed by atoms with Crippen LogP contribution in [0.2, 0.25) is 0 Å². The number of rotatable bonds is 5. The molecule has 2 aliphatic rings. The van der Waals surface area contributed by atoms with Crippen molar-refractivity contribution < 1.29 is 30.2 Å². The van der Waals surface area contributed by atoms with E-state index >= 15 is 0 Å². The van der Waals surface area contributed by atoms with Crippen LogP contribution in [0, 0.1) is 17.5 Å². The molecule has 4 heterocycles. The Bertz CT molecular complexity index is 2690. The largest absolute Gasteiger partial charge is 2.00 e. The number of fused-ring (bicyclic) bond motifs is 5. The summed E-state index contributed by atoms with van der Waals surface area (Å²) in [4.78, 5) is 15.0. The first-order valence-corrected chi connectivity index (χ1v) is 18.4. The van der Waals surface area contributed by atoms with Crippen LogP contribution in [0.15, 0.2) is 126 Å². The first-order chi connectivity index (χ1) is 25.8. The molecule has 2 aliphatic carbocycles. The van der Waals surface area contributed by atoms with E-state index in [-0.39, 0.29) is 31.9 Å². The van der Waals surface area contributed by atoms with Gasteiger partial charge in [0.15, 0.2) is 0 Å². The summed E-state index contributed by atoms with van der Waals surface area (Å²) in [5.74, 6) is 0.886. The van der Waals surface area contributed by atoms with Crippen LogP contribution in [0.25, 0.3) is 55.7 Å². The molecule has 0 radical (unpaired) electrons. The topological polar surface area (TPSA) is 61.0 Å². The summed E-state index contributed by atoms with van der Waals surface area (Å²) in [7, 11) is 0. The van der Waals surface area contributed by atoms with E-state index in [1.807, 2.05) is 54.6 Å². The molecule has 0 amide bonds. The third kappa shape index (κ3) is 6.05. The van der Waals surface area contributed by atoms with Gasteiger partial charge in [0.2, 0.25) is 17.5 Å². The summed E-state index contributed by atoms with van der Waals surface area (Å²) in [5, 5.41) is 2.05. The molecule has 1 spiro atoms. The second-order valence-electron chi connectivity index (χ2n) is 15.7. The molecule has 6 heteroatoms. The predicted molar refractivity (Wildman–Crippen MR) is 210 cm³/mol. The molecule has 0 saturated carbocycles. The first-order valence-electron chi connectivity index (χ1n) is 18.4. The predicted octanol–water partition coefficient (Wildman–Crippen LogP) is 11.3. The number of benzene rings is 4. The fourth-order valence-electron chi connectivity index (χ4n) is 8.60. The molecule has 4 aromatic heterocycles. The third-order valence-electron chi connectivity index (χ3n) is 11.0. The molecule has 0 saturated heterocycles. The SMILES string of the molecule is CC(C)(C)c1ccccc1-c1cc(Oc2cccc(-c3[c-]ccc4c3oc3nc5c(cc34)CC3(Cc4ccccc4C3)C5)n2)nc(-c2[c-]cccc2)c1.[Pt+2]. The molecule has 4 aromatic carbocycles. The Morgan fingerprint density at radius 1 is 0.648 bits per heavy atom. The monoisotopic (exact) mass is 882 g/mol. The summed E-state index contributed by atoms with van der Waals surface area (Å²) in [6.07, 6.45) is 4.24. The molecule has 5 nitrogen and oxygen atoms in total. The Morgan fingerprint density at radius 2 is 1.41 bits per heavy atom. The van der Waals surface area contributed by atoms with Crippen molar-refractivity contribution in [1.29, 1.82) is 0 Å². The number of nitrogens with zero attached hydrogens (tertiary/aromatic N) is 3. The Balaban J connectivity index is 0.00000384.